The van der Waals surface area contributed by atoms with Crippen molar-refractivity contribution in [3.63, 3.8) is 0 Å². The van der Waals surface area contributed by atoms with Crippen LogP contribution in [-0.2, 0) is 9.84 Å². The van der Waals surface area contributed by atoms with Crippen molar-refractivity contribution >= 4 is 27.4 Å². The predicted octanol–water partition coefficient (Wildman–Crippen LogP) is 1.13. The number of oxime groups is 1. The lowest BCUT2D eigenvalue weighted by molar-refractivity contribution is 0.318. The van der Waals surface area contributed by atoms with Crippen LogP contribution in [0, 0.1) is 0 Å². The molecule has 0 radical (unpaired) electrons. The Morgan fingerprint density at radius 1 is 1.29 bits per heavy atom. The lowest BCUT2D eigenvalue weighted by Crippen LogP contribution is -2.15. The Labute approximate surface area is 125 Å². The van der Waals surface area contributed by atoms with Crippen LogP contribution in [-0.4, -0.2) is 35.7 Å². The normalized spacial score (nSPS) is 12.3. The summed E-state index contributed by atoms with van der Waals surface area (Å²) in [6.07, 6.45) is 2.65. The molecule has 0 unspecified atom stereocenters. The van der Waals surface area contributed by atoms with Gasteiger partial charge in [-0.05, 0) is 42.1 Å². The molecule has 2 rings (SSSR count). The quantitative estimate of drug-likeness (QED) is 0.284. The van der Waals surface area contributed by atoms with Gasteiger partial charge in [0.2, 0.25) is 0 Å². The summed E-state index contributed by atoms with van der Waals surface area (Å²) in [5.74, 6) is -0.105. The number of amidine groups is 1. The van der Waals surface area contributed by atoms with Gasteiger partial charge in [-0.2, -0.15) is 0 Å². The zero-order valence-corrected chi connectivity index (χ0v) is 12.6. The minimum absolute atomic E-state index is 0.105. The second kappa shape index (κ2) is 6.10. The number of hydrogen-bond acceptors (Lipinski definition) is 7. The number of sulfone groups is 1. The monoisotopic (exact) mass is 324 g/mol. The van der Waals surface area contributed by atoms with Crippen molar-refractivity contribution in [2.24, 2.45) is 10.9 Å². The molecule has 1 aromatic heterocycles. The largest absolute Gasteiger partial charge is 0.409 e. The Morgan fingerprint density at radius 3 is 2.52 bits per heavy atom. The molecule has 0 saturated heterocycles. The third kappa shape index (κ3) is 3.92. The summed E-state index contributed by atoms with van der Waals surface area (Å²) in [6.45, 7) is 0. The molecular weight excluding hydrogens is 312 g/mol. The molecule has 0 fully saturated rings. The summed E-state index contributed by atoms with van der Waals surface area (Å²) in [7, 11) is -3.21. The van der Waals surface area contributed by atoms with Gasteiger partial charge in [-0.25, -0.2) is 18.4 Å². The third-order valence-corrected chi connectivity index (χ3v) is 4.48. The summed E-state index contributed by atoms with van der Waals surface area (Å²) in [4.78, 5) is 9.22. The van der Waals surface area contributed by atoms with E-state index in [1.807, 2.05) is 0 Å². The summed E-state index contributed by atoms with van der Waals surface area (Å²) >= 11 is 1.24. The molecule has 0 saturated carbocycles. The Bertz CT molecular complexity index is 773. The van der Waals surface area contributed by atoms with Crippen molar-refractivity contribution in [2.75, 3.05) is 6.26 Å². The Balaban J connectivity index is 2.23. The van der Waals surface area contributed by atoms with E-state index in [1.54, 1.807) is 12.1 Å². The fourth-order valence-electron chi connectivity index (χ4n) is 1.44. The first-order valence-corrected chi connectivity index (χ1v) is 8.40. The standard InChI is InChI=1S/C12H12N4O3S2/c1-21(18,19)9-4-2-8(3-5-9)20-12-14-7-6-10(15-12)11(13)16-17/h2-7,17H,1H3,(H2,13,16). The molecule has 0 atom stereocenters. The highest BCUT2D eigenvalue weighted by molar-refractivity contribution is 7.99. The third-order valence-electron chi connectivity index (χ3n) is 2.46. The van der Waals surface area contributed by atoms with Gasteiger partial charge in [0.05, 0.1) is 4.90 Å². The lowest BCUT2D eigenvalue weighted by atomic mass is 10.4. The number of aromatic nitrogens is 2. The van der Waals surface area contributed by atoms with E-state index in [0.29, 0.717) is 10.9 Å². The minimum Gasteiger partial charge on any atom is -0.409 e. The molecule has 7 nitrogen and oxygen atoms in total. The Kier molecular flexibility index (Phi) is 4.43. The Hall–Kier alpha value is -2.13. The van der Waals surface area contributed by atoms with E-state index in [0.717, 1.165) is 11.2 Å². The maximum atomic E-state index is 11.4. The van der Waals surface area contributed by atoms with Gasteiger partial charge < -0.3 is 10.9 Å². The van der Waals surface area contributed by atoms with Crippen molar-refractivity contribution in [1.82, 2.24) is 9.97 Å². The van der Waals surface area contributed by atoms with E-state index < -0.39 is 9.84 Å². The fourth-order valence-corrected chi connectivity index (χ4v) is 2.82. The van der Waals surface area contributed by atoms with E-state index >= 15 is 0 Å². The average molecular weight is 324 g/mol. The summed E-state index contributed by atoms with van der Waals surface area (Å²) < 4.78 is 22.7. The average Bonchev–Trinajstić information content (AvgIpc) is 2.46. The lowest BCUT2D eigenvalue weighted by Gasteiger charge is -2.03. The van der Waals surface area contributed by atoms with Crippen LogP contribution in [0.25, 0.3) is 0 Å². The minimum atomic E-state index is -3.21. The van der Waals surface area contributed by atoms with E-state index in [9.17, 15) is 8.42 Å². The molecule has 0 spiro atoms. The number of hydrogen-bond donors (Lipinski definition) is 2. The molecular formula is C12H12N4O3S2. The highest BCUT2D eigenvalue weighted by atomic mass is 32.2. The van der Waals surface area contributed by atoms with Crippen molar-refractivity contribution in [3.05, 3.63) is 42.2 Å². The van der Waals surface area contributed by atoms with Crippen LogP contribution in [0.2, 0.25) is 0 Å². The molecule has 9 heteroatoms. The van der Waals surface area contributed by atoms with Gasteiger partial charge in [0.15, 0.2) is 20.8 Å². The molecule has 0 amide bonds. The van der Waals surface area contributed by atoms with Crippen molar-refractivity contribution in [1.29, 1.82) is 0 Å². The van der Waals surface area contributed by atoms with Crippen LogP contribution in [0.5, 0.6) is 0 Å². The number of nitrogens with zero attached hydrogens (tertiary/aromatic N) is 3. The van der Waals surface area contributed by atoms with Crippen LogP contribution < -0.4 is 5.73 Å². The molecule has 21 heavy (non-hydrogen) atoms. The van der Waals surface area contributed by atoms with Crippen LogP contribution in [0.4, 0.5) is 0 Å². The van der Waals surface area contributed by atoms with Gasteiger partial charge >= 0.3 is 0 Å². The smallest absolute Gasteiger partial charge is 0.193 e. The van der Waals surface area contributed by atoms with Gasteiger partial charge in [0, 0.05) is 17.3 Å². The van der Waals surface area contributed by atoms with Gasteiger partial charge in [0.1, 0.15) is 5.69 Å². The molecule has 110 valence electrons. The summed E-state index contributed by atoms with van der Waals surface area (Å²) in [5, 5.41) is 11.9. The van der Waals surface area contributed by atoms with Crippen molar-refractivity contribution < 1.29 is 13.6 Å². The Morgan fingerprint density at radius 2 is 1.95 bits per heavy atom. The van der Waals surface area contributed by atoms with Crippen LogP contribution in [0.15, 0.2) is 56.6 Å². The van der Waals surface area contributed by atoms with Gasteiger partial charge in [-0.15, -0.1) is 0 Å². The van der Waals surface area contributed by atoms with E-state index in [1.165, 1.54) is 36.2 Å². The zero-order chi connectivity index (χ0) is 15.5. The summed E-state index contributed by atoms with van der Waals surface area (Å²) in [5.41, 5.74) is 5.77. The molecule has 0 bridgehead atoms. The fraction of sp³-hybridized carbons (Fsp3) is 0.0833. The topological polar surface area (TPSA) is 119 Å². The van der Waals surface area contributed by atoms with E-state index in [2.05, 4.69) is 15.1 Å². The molecule has 0 aliphatic rings. The summed E-state index contributed by atoms with van der Waals surface area (Å²) in [6, 6.07) is 7.89. The highest BCUT2D eigenvalue weighted by Crippen LogP contribution is 2.25. The second-order valence-corrected chi connectivity index (χ2v) is 7.11. The zero-order valence-electron chi connectivity index (χ0n) is 11.0. The molecule has 3 N–H and O–H groups in total. The van der Waals surface area contributed by atoms with Crippen LogP contribution in [0.3, 0.4) is 0 Å². The molecule has 0 aliphatic heterocycles. The van der Waals surface area contributed by atoms with Crippen molar-refractivity contribution in [2.45, 2.75) is 14.9 Å². The van der Waals surface area contributed by atoms with Crippen molar-refractivity contribution in [3.8, 4) is 0 Å². The van der Waals surface area contributed by atoms with Gasteiger partial charge in [0.25, 0.3) is 0 Å². The number of benzene rings is 1. The number of nitrogens with two attached hydrogens (primary N) is 1. The molecule has 1 aromatic carbocycles. The van der Waals surface area contributed by atoms with Gasteiger partial charge in [-0.3, -0.25) is 0 Å². The highest BCUT2D eigenvalue weighted by Gasteiger charge is 2.08. The van der Waals surface area contributed by atoms with Gasteiger partial charge in [-0.1, -0.05) is 5.16 Å². The molecule has 1 heterocycles. The van der Waals surface area contributed by atoms with E-state index in [4.69, 9.17) is 10.9 Å². The predicted molar refractivity (Wildman–Crippen MR) is 78.2 cm³/mol. The molecule has 2 aromatic rings. The SMILES string of the molecule is CS(=O)(=O)c1ccc(Sc2nccc(/C(N)=N/O)n2)cc1. The van der Waals surface area contributed by atoms with E-state index in [-0.39, 0.29) is 10.7 Å². The maximum absolute atomic E-state index is 11.4. The maximum Gasteiger partial charge on any atom is 0.193 e. The first-order chi connectivity index (χ1) is 9.90. The first kappa shape index (κ1) is 15.3. The van der Waals surface area contributed by atoms with Crippen LogP contribution >= 0.6 is 11.8 Å². The second-order valence-electron chi connectivity index (χ2n) is 4.06. The number of rotatable bonds is 4. The first-order valence-electron chi connectivity index (χ1n) is 5.69. The van der Waals surface area contributed by atoms with Crippen LogP contribution in [0.1, 0.15) is 5.69 Å². The molecule has 0 aliphatic carbocycles.